The van der Waals surface area contributed by atoms with Gasteiger partial charge < -0.3 is 5.32 Å². The molecule has 1 heterocycles. The SMILES string of the molecule is CC(=Cc1sc(C)nc1C)CNCC(C)C. The lowest BCUT2D eigenvalue weighted by Gasteiger charge is -2.07. The van der Waals surface area contributed by atoms with Crippen molar-refractivity contribution in [2.24, 2.45) is 5.92 Å². The molecule has 0 aromatic carbocycles. The maximum Gasteiger partial charge on any atom is 0.0903 e. The number of aryl methyl sites for hydroxylation is 2. The summed E-state index contributed by atoms with van der Waals surface area (Å²) in [4.78, 5) is 5.72. The van der Waals surface area contributed by atoms with Crippen LogP contribution >= 0.6 is 11.3 Å². The molecule has 0 aliphatic heterocycles. The molecule has 0 saturated heterocycles. The van der Waals surface area contributed by atoms with Crippen molar-refractivity contribution in [1.82, 2.24) is 10.3 Å². The monoisotopic (exact) mass is 238 g/mol. The molecule has 90 valence electrons. The lowest BCUT2D eigenvalue weighted by atomic mass is 10.2. The molecule has 0 amide bonds. The van der Waals surface area contributed by atoms with E-state index in [0.717, 1.165) is 23.8 Å². The van der Waals surface area contributed by atoms with Gasteiger partial charge in [-0.05, 0) is 39.3 Å². The van der Waals surface area contributed by atoms with E-state index in [1.807, 2.05) is 0 Å². The summed E-state index contributed by atoms with van der Waals surface area (Å²) in [6, 6.07) is 0. The number of aromatic nitrogens is 1. The Hall–Kier alpha value is -0.670. The molecule has 3 heteroatoms. The third-order valence-electron chi connectivity index (χ3n) is 2.27. The quantitative estimate of drug-likeness (QED) is 0.850. The minimum absolute atomic E-state index is 0.709. The summed E-state index contributed by atoms with van der Waals surface area (Å²) in [5.74, 6) is 0.709. The van der Waals surface area contributed by atoms with Crippen LogP contribution in [-0.2, 0) is 0 Å². The maximum absolute atomic E-state index is 4.43. The van der Waals surface area contributed by atoms with Gasteiger partial charge in [-0.2, -0.15) is 0 Å². The van der Waals surface area contributed by atoms with Crippen LogP contribution in [0.4, 0.5) is 0 Å². The van der Waals surface area contributed by atoms with Crippen molar-refractivity contribution in [2.75, 3.05) is 13.1 Å². The Morgan fingerprint density at radius 3 is 2.62 bits per heavy atom. The minimum atomic E-state index is 0.709. The molecule has 0 fully saturated rings. The van der Waals surface area contributed by atoms with Gasteiger partial charge in [0.05, 0.1) is 15.6 Å². The fourth-order valence-electron chi connectivity index (χ4n) is 1.51. The first-order chi connectivity index (χ1) is 7.49. The molecule has 1 aromatic heterocycles. The van der Waals surface area contributed by atoms with Gasteiger partial charge in [0.15, 0.2) is 0 Å². The summed E-state index contributed by atoms with van der Waals surface area (Å²) < 4.78 is 0. The Morgan fingerprint density at radius 2 is 2.12 bits per heavy atom. The van der Waals surface area contributed by atoms with Gasteiger partial charge in [0, 0.05) is 6.54 Å². The average Bonchev–Trinajstić information content (AvgIpc) is 2.44. The van der Waals surface area contributed by atoms with Gasteiger partial charge in [0.25, 0.3) is 0 Å². The summed E-state index contributed by atoms with van der Waals surface area (Å²) in [7, 11) is 0. The molecular weight excluding hydrogens is 216 g/mol. The third-order valence-corrected chi connectivity index (χ3v) is 3.29. The van der Waals surface area contributed by atoms with E-state index in [0.29, 0.717) is 5.92 Å². The van der Waals surface area contributed by atoms with E-state index < -0.39 is 0 Å². The van der Waals surface area contributed by atoms with E-state index >= 15 is 0 Å². The molecule has 0 bridgehead atoms. The second kappa shape index (κ2) is 6.16. The van der Waals surface area contributed by atoms with E-state index in [1.165, 1.54) is 10.5 Å². The molecule has 1 N–H and O–H groups in total. The number of hydrogen-bond donors (Lipinski definition) is 1. The molecule has 0 unspecified atom stereocenters. The molecule has 1 aromatic rings. The average molecular weight is 238 g/mol. The van der Waals surface area contributed by atoms with Gasteiger partial charge >= 0.3 is 0 Å². The number of hydrogen-bond acceptors (Lipinski definition) is 3. The molecule has 0 aliphatic carbocycles. The molecule has 0 atom stereocenters. The predicted octanol–water partition coefficient (Wildman–Crippen LogP) is 3.41. The smallest absolute Gasteiger partial charge is 0.0903 e. The van der Waals surface area contributed by atoms with E-state index in [9.17, 15) is 0 Å². The van der Waals surface area contributed by atoms with Crippen molar-refractivity contribution < 1.29 is 0 Å². The molecule has 0 aliphatic rings. The highest BCUT2D eigenvalue weighted by atomic mass is 32.1. The lowest BCUT2D eigenvalue weighted by Crippen LogP contribution is -2.21. The van der Waals surface area contributed by atoms with Crippen LogP contribution in [0.5, 0.6) is 0 Å². The molecule has 0 saturated carbocycles. The van der Waals surface area contributed by atoms with Crippen LogP contribution in [0.2, 0.25) is 0 Å². The minimum Gasteiger partial charge on any atom is -0.313 e. The van der Waals surface area contributed by atoms with Crippen molar-refractivity contribution in [3.63, 3.8) is 0 Å². The van der Waals surface area contributed by atoms with Crippen molar-refractivity contribution in [2.45, 2.75) is 34.6 Å². The predicted molar refractivity (Wildman–Crippen MR) is 72.9 cm³/mol. The zero-order valence-corrected chi connectivity index (χ0v) is 11.7. The molecule has 0 spiro atoms. The van der Waals surface area contributed by atoms with E-state index in [1.54, 1.807) is 11.3 Å². The van der Waals surface area contributed by atoms with E-state index in [4.69, 9.17) is 0 Å². The maximum atomic E-state index is 4.43. The topological polar surface area (TPSA) is 24.9 Å². The van der Waals surface area contributed by atoms with Gasteiger partial charge in [-0.25, -0.2) is 4.98 Å². The molecule has 1 rings (SSSR count). The summed E-state index contributed by atoms with van der Waals surface area (Å²) in [5, 5.41) is 4.59. The van der Waals surface area contributed by atoms with Crippen LogP contribution in [0, 0.1) is 19.8 Å². The Bertz CT molecular complexity index is 364. The Morgan fingerprint density at radius 1 is 1.44 bits per heavy atom. The standard InChI is InChI=1S/C13H22N2S/c1-9(2)7-14-8-10(3)6-13-11(4)15-12(5)16-13/h6,9,14H,7-8H2,1-5H3. The second-order valence-electron chi connectivity index (χ2n) is 4.70. The fraction of sp³-hybridized carbons (Fsp3) is 0.615. The highest BCUT2D eigenvalue weighted by Gasteiger charge is 2.02. The Kier molecular flexibility index (Phi) is 5.16. The van der Waals surface area contributed by atoms with Gasteiger partial charge in [-0.15, -0.1) is 11.3 Å². The van der Waals surface area contributed by atoms with Crippen LogP contribution in [0.3, 0.4) is 0 Å². The van der Waals surface area contributed by atoms with Crippen LogP contribution in [0.1, 0.15) is 36.3 Å². The highest BCUT2D eigenvalue weighted by Crippen LogP contribution is 2.19. The normalized spacial score (nSPS) is 12.5. The summed E-state index contributed by atoms with van der Waals surface area (Å²) >= 11 is 1.77. The number of nitrogens with one attached hydrogen (secondary N) is 1. The number of rotatable bonds is 5. The van der Waals surface area contributed by atoms with Crippen molar-refractivity contribution >= 4 is 17.4 Å². The van der Waals surface area contributed by atoms with Crippen LogP contribution < -0.4 is 5.32 Å². The summed E-state index contributed by atoms with van der Waals surface area (Å²) in [6.45, 7) is 12.8. The van der Waals surface area contributed by atoms with Gasteiger partial charge in [0.1, 0.15) is 0 Å². The Labute approximate surface area is 103 Å². The van der Waals surface area contributed by atoms with Crippen molar-refractivity contribution in [3.05, 3.63) is 21.2 Å². The first kappa shape index (κ1) is 13.4. The zero-order valence-electron chi connectivity index (χ0n) is 10.9. The molecule has 2 nitrogen and oxygen atoms in total. The number of nitrogens with zero attached hydrogens (tertiary/aromatic N) is 1. The van der Waals surface area contributed by atoms with E-state index in [2.05, 4.69) is 51.0 Å². The van der Waals surface area contributed by atoms with Gasteiger partial charge in [-0.1, -0.05) is 19.4 Å². The summed E-state index contributed by atoms with van der Waals surface area (Å²) in [5.41, 5.74) is 2.51. The van der Waals surface area contributed by atoms with Gasteiger partial charge in [-0.3, -0.25) is 0 Å². The van der Waals surface area contributed by atoms with Crippen molar-refractivity contribution in [3.8, 4) is 0 Å². The van der Waals surface area contributed by atoms with Crippen LogP contribution in [-0.4, -0.2) is 18.1 Å². The van der Waals surface area contributed by atoms with Crippen LogP contribution in [0.15, 0.2) is 5.57 Å². The first-order valence-corrected chi connectivity index (χ1v) is 6.62. The largest absolute Gasteiger partial charge is 0.313 e. The van der Waals surface area contributed by atoms with E-state index in [-0.39, 0.29) is 0 Å². The second-order valence-corrected chi connectivity index (χ2v) is 5.93. The lowest BCUT2D eigenvalue weighted by molar-refractivity contribution is 0.572. The third kappa shape index (κ3) is 4.45. The molecular formula is C13H22N2S. The Balaban J connectivity index is 2.53. The number of thiazole rings is 1. The fourth-order valence-corrected chi connectivity index (χ4v) is 2.47. The first-order valence-electron chi connectivity index (χ1n) is 5.81. The highest BCUT2D eigenvalue weighted by molar-refractivity contribution is 7.12. The van der Waals surface area contributed by atoms with Crippen molar-refractivity contribution in [1.29, 1.82) is 0 Å². The van der Waals surface area contributed by atoms with Gasteiger partial charge in [0.2, 0.25) is 0 Å². The zero-order chi connectivity index (χ0) is 12.1. The summed E-state index contributed by atoms with van der Waals surface area (Å²) in [6.07, 6.45) is 2.24. The van der Waals surface area contributed by atoms with Crippen LogP contribution in [0.25, 0.3) is 6.08 Å². The molecule has 16 heavy (non-hydrogen) atoms. The molecule has 0 radical (unpaired) electrons.